The Bertz CT molecular complexity index is 1180. The van der Waals surface area contributed by atoms with E-state index in [4.69, 9.17) is 30.6 Å². The van der Waals surface area contributed by atoms with Crippen molar-refractivity contribution < 1.29 is 45.0 Å². The van der Waals surface area contributed by atoms with Gasteiger partial charge in [-0.05, 0) is 19.3 Å². The Morgan fingerprint density at radius 2 is 0.269 bits per heavy atom. The second kappa shape index (κ2) is 94.5. The van der Waals surface area contributed by atoms with Gasteiger partial charge in [-0.25, -0.2) is 0 Å². The number of carbonyl (C=O) groups is 3. The number of aliphatic carboxylic acids is 3. The summed E-state index contributed by atoms with van der Waals surface area (Å²) in [5, 5.41) is 49.8. The van der Waals surface area contributed by atoms with Crippen LogP contribution >= 0.6 is 0 Å². The maximum absolute atomic E-state index is 10.4. The minimum atomic E-state index is -0.954. The van der Waals surface area contributed by atoms with Gasteiger partial charge in [-0.3, -0.25) is 14.4 Å². The van der Waals surface area contributed by atoms with Gasteiger partial charge in [0.1, 0.15) is 6.10 Å². The van der Waals surface area contributed by atoms with Gasteiger partial charge in [-0.2, -0.15) is 0 Å². The first kappa shape index (κ1) is 97.7. The Balaban J connectivity index is -0.000000610. The molecule has 0 aliphatic rings. The summed E-state index contributed by atoms with van der Waals surface area (Å²) in [6, 6.07) is 0. The molecule has 0 saturated heterocycles. The maximum Gasteiger partial charge on any atom is 0.303 e. The van der Waals surface area contributed by atoms with E-state index in [1.165, 1.54) is 424 Å². The number of hydrogen-bond acceptors (Lipinski definition) is 6. The van der Waals surface area contributed by atoms with Gasteiger partial charge in [0.05, 0.1) is 13.2 Å². The van der Waals surface area contributed by atoms with Crippen molar-refractivity contribution in [1.29, 1.82) is 0 Å². The molecule has 0 fully saturated rings. The zero-order valence-corrected chi connectivity index (χ0v) is 63.4. The molecule has 0 bridgehead atoms. The lowest BCUT2D eigenvalue weighted by atomic mass is 10.0. The highest BCUT2D eigenvalue weighted by Crippen LogP contribution is 2.20. The van der Waals surface area contributed by atoms with Crippen LogP contribution in [-0.2, 0) is 14.4 Å². The van der Waals surface area contributed by atoms with Crippen molar-refractivity contribution in [3.05, 3.63) is 0 Å². The molecule has 0 aromatic carbocycles. The fourth-order valence-electron chi connectivity index (χ4n) is 12.8. The van der Waals surface area contributed by atoms with Gasteiger partial charge in [0.15, 0.2) is 0 Å². The van der Waals surface area contributed by atoms with Crippen LogP contribution in [0.5, 0.6) is 0 Å². The van der Waals surface area contributed by atoms with Crippen molar-refractivity contribution in [2.45, 2.75) is 508 Å². The van der Waals surface area contributed by atoms with Crippen LogP contribution in [0.15, 0.2) is 0 Å². The molecule has 0 spiro atoms. The monoisotopic (exact) mass is 1320 g/mol. The molecule has 0 saturated carbocycles. The van der Waals surface area contributed by atoms with Crippen LogP contribution in [0.25, 0.3) is 0 Å². The molecule has 0 unspecified atom stereocenters. The number of hydrogen-bond donors (Lipinski definition) is 6. The quantitative estimate of drug-likeness (QED) is 0.0324. The summed E-state index contributed by atoms with van der Waals surface area (Å²) in [7, 11) is 0. The molecule has 9 heteroatoms. The zero-order valence-electron chi connectivity index (χ0n) is 63.4. The molecule has 0 rings (SSSR count). The summed E-state index contributed by atoms with van der Waals surface area (Å²) >= 11 is 0. The van der Waals surface area contributed by atoms with Gasteiger partial charge in [0.2, 0.25) is 0 Å². The third-order valence-corrected chi connectivity index (χ3v) is 19.2. The first-order chi connectivity index (χ1) is 45.6. The van der Waals surface area contributed by atoms with E-state index in [9.17, 15) is 14.4 Å². The van der Waals surface area contributed by atoms with E-state index in [0.29, 0.717) is 19.3 Å². The molecule has 9 nitrogen and oxygen atoms in total. The highest BCUT2D eigenvalue weighted by Gasteiger charge is 2.03. The number of aliphatic hydroxyl groups is 3. The molecule has 0 amide bonds. The first-order valence-electron chi connectivity index (χ1n) is 42.2. The van der Waals surface area contributed by atoms with Crippen molar-refractivity contribution in [3.63, 3.8) is 0 Å². The van der Waals surface area contributed by atoms with E-state index in [1.54, 1.807) is 0 Å². The molecule has 0 aromatic heterocycles. The van der Waals surface area contributed by atoms with Gasteiger partial charge in [0.25, 0.3) is 0 Å². The van der Waals surface area contributed by atoms with Gasteiger partial charge < -0.3 is 30.6 Å². The molecule has 6 N–H and O–H groups in total. The lowest BCUT2D eigenvalue weighted by molar-refractivity contribution is -0.138. The predicted molar refractivity (Wildman–Crippen MR) is 406 cm³/mol. The molecule has 560 valence electrons. The van der Waals surface area contributed by atoms with Crippen LogP contribution in [0.4, 0.5) is 0 Å². The smallest absolute Gasteiger partial charge is 0.303 e. The van der Waals surface area contributed by atoms with Gasteiger partial charge in [-0.15, -0.1) is 0 Å². The van der Waals surface area contributed by atoms with Gasteiger partial charge in [-0.1, -0.05) is 464 Å². The second-order valence-corrected chi connectivity index (χ2v) is 28.8. The predicted octanol–water partition coefficient (Wildman–Crippen LogP) is 27.9. The van der Waals surface area contributed by atoms with E-state index in [1.807, 2.05) is 0 Å². The fourth-order valence-corrected chi connectivity index (χ4v) is 12.8. The van der Waals surface area contributed by atoms with E-state index >= 15 is 0 Å². The van der Waals surface area contributed by atoms with E-state index in [-0.39, 0.29) is 13.2 Å². The largest absolute Gasteiger partial charge is 0.481 e. The van der Waals surface area contributed by atoms with Crippen LogP contribution in [-0.4, -0.2) is 67.9 Å². The van der Waals surface area contributed by atoms with Crippen molar-refractivity contribution in [1.82, 2.24) is 0 Å². The van der Waals surface area contributed by atoms with E-state index < -0.39 is 24.0 Å². The van der Waals surface area contributed by atoms with E-state index in [0.717, 1.165) is 38.5 Å². The summed E-state index contributed by atoms with van der Waals surface area (Å²) in [5.74, 6) is -1.95. The summed E-state index contributed by atoms with van der Waals surface area (Å²) in [5.41, 5.74) is 0. The van der Waals surface area contributed by atoms with Crippen LogP contribution in [0, 0.1) is 0 Å². The van der Waals surface area contributed by atoms with Crippen LogP contribution in [0.3, 0.4) is 0 Å². The van der Waals surface area contributed by atoms with Crippen LogP contribution < -0.4 is 0 Å². The third kappa shape index (κ3) is 109. The number of carboxylic acid groups (broad SMARTS) is 3. The molecule has 0 aliphatic heterocycles. The standard InChI is InChI=1S/3C27H54O2.C3H8O3/c3*1-2-3-4-5-6-7-8-9-10-11-12-13-14-15-16-17-18-19-20-21-22-23-24-25-26-27(28)29;4-1-3(6)2-5/h3*2-26H2,1H3,(H,28,29);3-6H,1-2H2. The average molecular weight is 1320 g/mol. The first-order valence-corrected chi connectivity index (χ1v) is 42.2. The van der Waals surface area contributed by atoms with Crippen molar-refractivity contribution >= 4 is 17.9 Å². The molecule has 0 aliphatic carbocycles. The second-order valence-electron chi connectivity index (χ2n) is 28.8. The normalized spacial score (nSPS) is 11.1. The molecule has 0 atom stereocenters. The van der Waals surface area contributed by atoms with Crippen molar-refractivity contribution in [2.75, 3.05) is 13.2 Å². The minimum Gasteiger partial charge on any atom is -0.481 e. The minimum absolute atomic E-state index is 0.346. The van der Waals surface area contributed by atoms with Gasteiger partial charge >= 0.3 is 17.9 Å². The molecule has 0 radical (unpaired) electrons. The number of unbranched alkanes of at least 4 members (excludes halogenated alkanes) is 69. The van der Waals surface area contributed by atoms with Crippen LogP contribution in [0.2, 0.25) is 0 Å². The van der Waals surface area contributed by atoms with Gasteiger partial charge in [0, 0.05) is 19.3 Å². The molecular weight excluding hydrogens is 1150 g/mol. The lowest BCUT2D eigenvalue weighted by Crippen LogP contribution is -2.15. The SMILES string of the molecule is CCCCCCCCCCCCCCCCCCCCCCCCCCC(=O)O.CCCCCCCCCCCCCCCCCCCCCCCCCCC(=O)O.CCCCCCCCCCCCCCCCCCCCCCCCCCC(=O)O.OCC(O)CO. The Morgan fingerprint density at radius 3 is 0.333 bits per heavy atom. The van der Waals surface area contributed by atoms with Crippen molar-refractivity contribution in [2.24, 2.45) is 0 Å². The van der Waals surface area contributed by atoms with E-state index in [2.05, 4.69) is 20.8 Å². The molecular formula is C84H170O9. The average Bonchev–Trinajstić information content (AvgIpc) is 3.56. The zero-order chi connectivity index (χ0) is 68.8. The summed E-state index contributed by atoms with van der Waals surface area (Å²) in [6.45, 7) is 6.15. The molecule has 93 heavy (non-hydrogen) atoms. The Morgan fingerprint density at radius 1 is 0.183 bits per heavy atom. The Labute approximate surface area is 581 Å². The maximum atomic E-state index is 10.4. The topological polar surface area (TPSA) is 173 Å². The Kier molecular flexibility index (Phi) is 99.2. The Hall–Kier alpha value is -1.71. The fraction of sp³-hybridized carbons (Fsp3) is 0.964. The van der Waals surface area contributed by atoms with Crippen LogP contribution in [0.1, 0.15) is 502 Å². The number of rotatable bonds is 77. The summed E-state index contributed by atoms with van der Waals surface area (Å²) in [6.07, 6.45) is 99.6. The number of carboxylic acids is 3. The third-order valence-electron chi connectivity index (χ3n) is 19.2. The lowest BCUT2D eigenvalue weighted by Gasteiger charge is -2.04. The molecule has 0 aromatic rings. The summed E-state index contributed by atoms with van der Waals surface area (Å²) < 4.78 is 0. The molecule has 0 heterocycles. The van der Waals surface area contributed by atoms with Crippen molar-refractivity contribution in [3.8, 4) is 0 Å². The highest BCUT2D eigenvalue weighted by atomic mass is 16.4. The summed E-state index contributed by atoms with van der Waals surface area (Å²) in [4.78, 5) is 31.3. The highest BCUT2D eigenvalue weighted by molar-refractivity contribution is 5.67. The number of aliphatic hydroxyl groups excluding tert-OH is 3.